The number of hydrogen-bond acceptors (Lipinski definition) is 3. The number of pyridine rings is 1. The fourth-order valence-electron chi connectivity index (χ4n) is 3.49. The lowest BCUT2D eigenvalue weighted by atomic mass is 9.94. The number of rotatable bonds is 8. The number of guanidine groups is 1. The van der Waals surface area contributed by atoms with E-state index in [2.05, 4.69) is 54.3 Å². The minimum atomic E-state index is 0. The van der Waals surface area contributed by atoms with Crippen molar-refractivity contribution in [3.63, 3.8) is 0 Å². The highest BCUT2D eigenvalue weighted by atomic mass is 127. The van der Waals surface area contributed by atoms with Crippen molar-refractivity contribution < 1.29 is 0 Å². The molecule has 1 aliphatic rings. The minimum Gasteiger partial charge on any atom is -0.357 e. The number of nitrogens with one attached hydrogen (secondary N) is 2. The molecule has 1 fully saturated rings. The highest BCUT2D eigenvalue weighted by Gasteiger charge is 2.25. The molecule has 0 radical (unpaired) electrons. The third-order valence-electron chi connectivity index (χ3n) is 5.24. The van der Waals surface area contributed by atoms with Gasteiger partial charge >= 0.3 is 0 Å². The fraction of sp³-hybridized carbons (Fsp3) is 0.714. The van der Waals surface area contributed by atoms with E-state index in [1.807, 2.05) is 18.3 Å². The largest absolute Gasteiger partial charge is 0.357 e. The van der Waals surface area contributed by atoms with Crippen LogP contribution in [-0.2, 0) is 6.42 Å². The second-order valence-corrected chi connectivity index (χ2v) is 7.75. The first kappa shape index (κ1) is 24.1. The first-order chi connectivity index (χ1) is 12.6. The van der Waals surface area contributed by atoms with Crippen LogP contribution >= 0.6 is 24.0 Å². The third-order valence-corrected chi connectivity index (χ3v) is 5.24. The van der Waals surface area contributed by atoms with Gasteiger partial charge in [-0.3, -0.25) is 14.9 Å². The van der Waals surface area contributed by atoms with Gasteiger partial charge in [-0.25, -0.2) is 0 Å². The Bertz CT molecular complexity index is 527. The van der Waals surface area contributed by atoms with Crippen LogP contribution < -0.4 is 10.6 Å². The maximum absolute atomic E-state index is 4.89. The maximum atomic E-state index is 4.89. The van der Waals surface area contributed by atoms with Crippen LogP contribution in [0.4, 0.5) is 0 Å². The van der Waals surface area contributed by atoms with Crippen LogP contribution in [0.3, 0.4) is 0 Å². The summed E-state index contributed by atoms with van der Waals surface area (Å²) in [5.74, 6) is 2.40. The maximum Gasteiger partial charge on any atom is 0.191 e. The molecule has 0 spiro atoms. The molecule has 27 heavy (non-hydrogen) atoms. The van der Waals surface area contributed by atoms with Crippen molar-refractivity contribution in [3.05, 3.63) is 30.1 Å². The molecule has 0 bridgehead atoms. The molecule has 5 nitrogen and oxygen atoms in total. The smallest absolute Gasteiger partial charge is 0.191 e. The van der Waals surface area contributed by atoms with E-state index in [0.717, 1.165) is 43.6 Å². The Hall–Kier alpha value is -0.890. The number of piperidine rings is 1. The lowest BCUT2D eigenvalue weighted by Crippen LogP contribution is -2.46. The monoisotopic (exact) mass is 487 g/mol. The van der Waals surface area contributed by atoms with Gasteiger partial charge in [0.1, 0.15) is 0 Å². The van der Waals surface area contributed by atoms with Gasteiger partial charge < -0.3 is 10.6 Å². The van der Waals surface area contributed by atoms with Gasteiger partial charge in [0, 0.05) is 37.4 Å². The summed E-state index contributed by atoms with van der Waals surface area (Å²) in [4.78, 5) is 11.9. The van der Waals surface area contributed by atoms with Gasteiger partial charge in [-0.1, -0.05) is 26.8 Å². The molecular weight excluding hydrogens is 449 g/mol. The number of likely N-dealkylation sites (tertiary alicyclic amines) is 1. The van der Waals surface area contributed by atoms with E-state index in [4.69, 9.17) is 4.99 Å². The Balaban J connectivity index is 0.00000364. The van der Waals surface area contributed by atoms with E-state index >= 15 is 0 Å². The van der Waals surface area contributed by atoms with E-state index in [1.165, 1.54) is 25.9 Å². The van der Waals surface area contributed by atoms with Crippen LogP contribution in [-0.4, -0.2) is 54.6 Å². The molecule has 1 saturated heterocycles. The van der Waals surface area contributed by atoms with Crippen molar-refractivity contribution >= 4 is 29.9 Å². The molecule has 0 saturated carbocycles. The van der Waals surface area contributed by atoms with Crippen LogP contribution in [0.25, 0.3) is 0 Å². The van der Waals surface area contributed by atoms with Gasteiger partial charge in [0.2, 0.25) is 0 Å². The zero-order valence-corrected chi connectivity index (χ0v) is 19.8. The molecule has 2 heterocycles. The number of halogens is 1. The van der Waals surface area contributed by atoms with Gasteiger partial charge in [0.15, 0.2) is 5.96 Å². The number of hydrogen-bond donors (Lipinski definition) is 2. The molecule has 1 aromatic heterocycles. The van der Waals surface area contributed by atoms with Crippen LogP contribution in [0, 0.1) is 11.8 Å². The molecule has 0 amide bonds. The SMILES string of the molecule is CCNC(=NCC(C(C)C)N1CCC(C)CC1)NCCc1ccccn1.I. The van der Waals surface area contributed by atoms with Gasteiger partial charge in [0.05, 0.1) is 6.54 Å². The van der Waals surface area contributed by atoms with Crippen molar-refractivity contribution in [2.75, 3.05) is 32.7 Å². The Labute approximate surface area is 182 Å². The molecule has 0 aromatic carbocycles. The number of aliphatic imine (C=N–C) groups is 1. The first-order valence-corrected chi connectivity index (χ1v) is 10.3. The summed E-state index contributed by atoms with van der Waals surface area (Å²) in [7, 11) is 0. The Kier molecular flexibility index (Phi) is 11.9. The second kappa shape index (κ2) is 13.3. The average Bonchev–Trinajstić information content (AvgIpc) is 2.64. The Morgan fingerprint density at radius 1 is 1.26 bits per heavy atom. The second-order valence-electron chi connectivity index (χ2n) is 7.75. The minimum absolute atomic E-state index is 0. The molecule has 6 heteroatoms. The van der Waals surface area contributed by atoms with Crippen molar-refractivity contribution in [1.82, 2.24) is 20.5 Å². The molecule has 2 N–H and O–H groups in total. The van der Waals surface area contributed by atoms with Crippen LogP contribution in [0.15, 0.2) is 29.4 Å². The summed E-state index contributed by atoms with van der Waals surface area (Å²) >= 11 is 0. The number of nitrogens with zero attached hydrogens (tertiary/aromatic N) is 3. The quantitative estimate of drug-likeness (QED) is 0.335. The summed E-state index contributed by atoms with van der Waals surface area (Å²) in [5, 5.41) is 6.83. The summed E-state index contributed by atoms with van der Waals surface area (Å²) in [5.41, 5.74) is 1.11. The van der Waals surface area contributed by atoms with Gasteiger partial charge in [-0.15, -0.1) is 24.0 Å². The first-order valence-electron chi connectivity index (χ1n) is 10.3. The van der Waals surface area contributed by atoms with Crippen LogP contribution in [0.2, 0.25) is 0 Å². The standard InChI is InChI=1S/C21H37N5.HI/c1-5-22-21(24-13-9-19-8-6-7-12-23-19)25-16-20(17(2)3)26-14-10-18(4)11-15-26;/h6-8,12,17-18,20H,5,9-11,13-16H2,1-4H3,(H2,22,24,25);1H. The molecule has 2 rings (SSSR count). The molecule has 0 aliphatic carbocycles. The summed E-state index contributed by atoms with van der Waals surface area (Å²) in [6.07, 6.45) is 5.38. The molecule has 154 valence electrons. The normalized spacial score (nSPS) is 17.4. The molecule has 1 atom stereocenters. The zero-order valence-electron chi connectivity index (χ0n) is 17.4. The highest BCUT2D eigenvalue weighted by Crippen LogP contribution is 2.21. The average molecular weight is 487 g/mol. The topological polar surface area (TPSA) is 52.6 Å². The van der Waals surface area contributed by atoms with Gasteiger partial charge in [0.25, 0.3) is 0 Å². The van der Waals surface area contributed by atoms with Crippen LogP contribution in [0.5, 0.6) is 0 Å². The van der Waals surface area contributed by atoms with Crippen LogP contribution in [0.1, 0.15) is 46.2 Å². The molecule has 1 aliphatic heterocycles. The molecular formula is C21H38IN5. The highest BCUT2D eigenvalue weighted by molar-refractivity contribution is 14.0. The van der Waals surface area contributed by atoms with Gasteiger partial charge in [-0.2, -0.15) is 0 Å². The van der Waals surface area contributed by atoms with Crippen molar-refractivity contribution in [2.24, 2.45) is 16.8 Å². The van der Waals surface area contributed by atoms with Crippen molar-refractivity contribution in [1.29, 1.82) is 0 Å². The molecule has 1 unspecified atom stereocenters. The summed E-state index contributed by atoms with van der Waals surface area (Å²) < 4.78 is 0. The Morgan fingerprint density at radius 3 is 2.59 bits per heavy atom. The van der Waals surface area contributed by atoms with E-state index in [9.17, 15) is 0 Å². The van der Waals surface area contributed by atoms with E-state index in [-0.39, 0.29) is 24.0 Å². The molecule has 1 aromatic rings. The predicted molar refractivity (Wildman–Crippen MR) is 126 cm³/mol. The zero-order chi connectivity index (χ0) is 18.8. The summed E-state index contributed by atoms with van der Waals surface area (Å²) in [6.45, 7) is 14.1. The fourth-order valence-corrected chi connectivity index (χ4v) is 3.49. The van der Waals surface area contributed by atoms with E-state index in [0.29, 0.717) is 12.0 Å². The third kappa shape index (κ3) is 8.77. The Morgan fingerprint density at radius 2 is 2.00 bits per heavy atom. The van der Waals surface area contributed by atoms with Gasteiger partial charge in [-0.05, 0) is 56.8 Å². The summed E-state index contributed by atoms with van der Waals surface area (Å²) in [6, 6.07) is 6.58. The van der Waals surface area contributed by atoms with E-state index < -0.39 is 0 Å². The van der Waals surface area contributed by atoms with Crippen molar-refractivity contribution in [2.45, 2.75) is 53.0 Å². The lowest BCUT2D eigenvalue weighted by molar-refractivity contribution is 0.113. The predicted octanol–water partition coefficient (Wildman–Crippen LogP) is 3.55. The van der Waals surface area contributed by atoms with Crippen molar-refractivity contribution in [3.8, 4) is 0 Å². The van der Waals surface area contributed by atoms with E-state index in [1.54, 1.807) is 0 Å². The number of aromatic nitrogens is 1. The lowest BCUT2D eigenvalue weighted by Gasteiger charge is -2.38.